The van der Waals surface area contributed by atoms with Gasteiger partial charge in [0.15, 0.2) is 6.04 Å². The molecule has 0 saturated carbocycles. The van der Waals surface area contributed by atoms with Gasteiger partial charge in [-0.3, -0.25) is 0 Å². The highest BCUT2D eigenvalue weighted by atomic mass is 19.4. The molecule has 0 fully saturated rings. The lowest BCUT2D eigenvalue weighted by Crippen LogP contribution is -2.49. The smallest absolute Gasteiger partial charge is 0.416 e. The van der Waals surface area contributed by atoms with Crippen LogP contribution in [0, 0.1) is 0 Å². The number of halogens is 3. The van der Waals surface area contributed by atoms with Crippen LogP contribution in [-0.2, 0) is 36.4 Å². The number of allylic oxidation sites excluding steroid dienone is 12. The minimum atomic E-state index is -4.55. The number of rotatable bonds is 13. The standard InChI is InChI=1S/C59H50F3NO5/c1-57(2,44-36-38-48(39-37-44)59(60,61)62)68-55(64)54(63-56(65)66-40-53-51-30-20-18-28-49(51)50-29-19-21-31-52(50)53)41-67-58(45-24-14-10-15-25-45,46-26-16-11-17-27-46)47-34-32-43(33-35-47)42-22-12-8-6-4-3-5-7-9-13-23-42/h3-39,53-54H,40-41H2,1-2H3,(H,63,65)/b4-3-,5-3?,6-4?,7-5-,8-6-,9-7?,12-8?,13-9-,22-12?,23-13?,42-22?,42-23?/t54-/m0/s1. The Hall–Kier alpha value is -7.75. The van der Waals surface area contributed by atoms with Gasteiger partial charge in [-0.05, 0) is 81.6 Å². The molecule has 9 heteroatoms. The molecule has 6 aromatic carbocycles. The van der Waals surface area contributed by atoms with Crippen LogP contribution in [0.5, 0.6) is 0 Å². The number of carbonyl (C=O) groups excluding carboxylic acids is 2. The second kappa shape index (κ2) is 20.8. The summed E-state index contributed by atoms with van der Waals surface area (Å²) < 4.78 is 59.8. The van der Waals surface area contributed by atoms with E-state index in [9.17, 15) is 22.8 Å². The van der Waals surface area contributed by atoms with Crippen LogP contribution in [0.15, 0.2) is 225 Å². The van der Waals surface area contributed by atoms with Crippen molar-refractivity contribution >= 4 is 17.6 Å². The van der Waals surface area contributed by atoms with E-state index in [1.54, 1.807) is 13.8 Å². The summed E-state index contributed by atoms with van der Waals surface area (Å²) in [6.45, 7) is 2.72. The minimum Gasteiger partial charge on any atom is -0.453 e. The molecule has 0 aromatic heterocycles. The van der Waals surface area contributed by atoms with Gasteiger partial charge >= 0.3 is 18.2 Å². The highest BCUT2D eigenvalue weighted by Gasteiger charge is 2.41. The molecule has 1 atom stereocenters. The SMILES string of the molecule is CC(C)(OC(=O)[C@H](COC(c1ccccc1)(c1ccccc1)c1ccc(C2=C\C=C/C=C\C=C/C=C\C=C2)cc1)NC(=O)OCC1c2ccccc2-c2ccccc21)c1ccc(C(F)(F)F)cc1. The van der Waals surface area contributed by atoms with Crippen LogP contribution in [0.25, 0.3) is 16.7 Å². The number of ether oxygens (including phenoxy) is 3. The molecule has 2 aliphatic carbocycles. The summed E-state index contributed by atoms with van der Waals surface area (Å²) in [6, 6.07) is 46.1. The molecule has 6 nitrogen and oxygen atoms in total. The molecule has 0 spiro atoms. The molecule has 1 N–H and O–H groups in total. The highest BCUT2D eigenvalue weighted by Crippen LogP contribution is 2.45. The number of nitrogens with one attached hydrogen (secondary N) is 1. The number of esters is 1. The van der Waals surface area contributed by atoms with E-state index in [0.717, 1.165) is 62.2 Å². The third kappa shape index (κ3) is 10.6. The predicted octanol–water partition coefficient (Wildman–Crippen LogP) is 13.6. The molecule has 0 radical (unpaired) electrons. The number of hydrogen-bond donors (Lipinski definition) is 1. The first kappa shape index (κ1) is 46.8. The molecule has 2 aliphatic rings. The van der Waals surface area contributed by atoms with E-state index >= 15 is 0 Å². The first-order valence-electron chi connectivity index (χ1n) is 22.4. The topological polar surface area (TPSA) is 73.9 Å². The summed E-state index contributed by atoms with van der Waals surface area (Å²) in [4.78, 5) is 28.6. The van der Waals surface area contributed by atoms with Gasteiger partial charge in [-0.1, -0.05) is 212 Å². The van der Waals surface area contributed by atoms with Crippen molar-refractivity contribution in [1.29, 1.82) is 0 Å². The number of fused-ring (bicyclic) bond motifs is 3. The van der Waals surface area contributed by atoms with Crippen LogP contribution in [0.4, 0.5) is 18.0 Å². The molecule has 0 bridgehead atoms. The lowest BCUT2D eigenvalue weighted by molar-refractivity contribution is -0.163. The molecular weight excluding hydrogens is 860 g/mol. The Balaban J connectivity index is 1.14. The zero-order chi connectivity index (χ0) is 47.6. The fourth-order valence-electron chi connectivity index (χ4n) is 8.61. The number of alkyl halides is 3. The van der Waals surface area contributed by atoms with E-state index in [-0.39, 0.29) is 12.5 Å². The van der Waals surface area contributed by atoms with Crippen molar-refractivity contribution in [3.8, 4) is 11.1 Å². The molecule has 6 aromatic rings. The van der Waals surface area contributed by atoms with Gasteiger partial charge in [-0.25, -0.2) is 9.59 Å². The van der Waals surface area contributed by atoms with Gasteiger partial charge in [0.25, 0.3) is 0 Å². The molecule has 8 rings (SSSR count). The summed E-state index contributed by atoms with van der Waals surface area (Å²) >= 11 is 0. The van der Waals surface area contributed by atoms with Crippen molar-refractivity contribution in [2.24, 2.45) is 0 Å². The number of hydrogen-bond acceptors (Lipinski definition) is 5. The maximum absolute atomic E-state index is 14.6. The second-order valence-corrected chi connectivity index (χ2v) is 16.9. The van der Waals surface area contributed by atoms with Gasteiger partial charge in [0, 0.05) is 5.92 Å². The van der Waals surface area contributed by atoms with Crippen LogP contribution < -0.4 is 5.32 Å². The third-order valence-corrected chi connectivity index (χ3v) is 12.1. The molecule has 0 saturated heterocycles. The van der Waals surface area contributed by atoms with Crippen LogP contribution in [0.3, 0.4) is 0 Å². The fraction of sp³-hybridized carbons (Fsp3) is 0.153. The Morgan fingerprint density at radius 2 is 1.03 bits per heavy atom. The second-order valence-electron chi connectivity index (χ2n) is 16.9. The Bertz CT molecular complexity index is 2810. The molecule has 0 heterocycles. The van der Waals surface area contributed by atoms with Crippen LogP contribution >= 0.6 is 0 Å². The van der Waals surface area contributed by atoms with E-state index in [4.69, 9.17) is 14.2 Å². The fourth-order valence-corrected chi connectivity index (χ4v) is 8.61. The summed E-state index contributed by atoms with van der Waals surface area (Å²) in [5, 5.41) is 2.75. The van der Waals surface area contributed by atoms with Gasteiger partial charge < -0.3 is 19.5 Å². The highest BCUT2D eigenvalue weighted by molar-refractivity contribution is 5.83. The average Bonchev–Trinajstić information content (AvgIpc) is 3.67. The van der Waals surface area contributed by atoms with E-state index in [2.05, 4.69) is 5.32 Å². The largest absolute Gasteiger partial charge is 0.453 e. The lowest BCUT2D eigenvalue weighted by Gasteiger charge is -2.37. The average molecular weight is 910 g/mol. The van der Waals surface area contributed by atoms with Gasteiger partial charge in [-0.15, -0.1) is 0 Å². The van der Waals surface area contributed by atoms with Crippen molar-refractivity contribution in [2.75, 3.05) is 13.2 Å². The van der Waals surface area contributed by atoms with E-state index in [1.165, 1.54) is 12.1 Å². The number of benzene rings is 6. The van der Waals surface area contributed by atoms with Gasteiger partial charge in [0.05, 0.1) is 12.2 Å². The minimum absolute atomic E-state index is 0.0186. The van der Waals surface area contributed by atoms with Crippen molar-refractivity contribution in [3.63, 3.8) is 0 Å². The maximum atomic E-state index is 14.6. The van der Waals surface area contributed by atoms with Crippen molar-refractivity contribution in [1.82, 2.24) is 5.32 Å². The Kier molecular flexibility index (Phi) is 14.3. The maximum Gasteiger partial charge on any atom is 0.416 e. The predicted molar refractivity (Wildman–Crippen MR) is 261 cm³/mol. The quantitative estimate of drug-likeness (QED) is 0.0923. The Morgan fingerprint density at radius 3 is 1.59 bits per heavy atom. The lowest BCUT2D eigenvalue weighted by atomic mass is 9.79. The Labute approximate surface area is 395 Å². The summed E-state index contributed by atoms with van der Waals surface area (Å²) in [7, 11) is 0. The van der Waals surface area contributed by atoms with Gasteiger partial charge in [-0.2, -0.15) is 13.2 Å². The van der Waals surface area contributed by atoms with Gasteiger partial charge in [0.2, 0.25) is 0 Å². The molecular formula is C59H50F3NO5. The number of amides is 1. The summed E-state index contributed by atoms with van der Waals surface area (Å²) in [6.07, 6.45) is 16.3. The molecule has 342 valence electrons. The first-order valence-corrected chi connectivity index (χ1v) is 22.4. The molecule has 68 heavy (non-hydrogen) atoms. The number of carbonyl (C=O) groups is 2. The molecule has 1 amide bonds. The van der Waals surface area contributed by atoms with Crippen molar-refractivity contribution < 1.29 is 37.0 Å². The molecule has 0 aliphatic heterocycles. The zero-order valence-electron chi connectivity index (χ0n) is 37.6. The van der Waals surface area contributed by atoms with Crippen molar-refractivity contribution in [3.05, 3.63) is 269 Å². The molecule has 0 unspecified atom stereocenters. The monoisotopic (exact) mass is 909 g/mol. The number of alkyl carbamates (subject to hydrolysis) is 1. The summed E-state index contributed by atoms with van der Waals surface area (Å²) in [5.74, 6) is -1.14. The third-order valence-electron chi connectivity index (χ3n) is 12.1. The van der Waals surface area contributed by atoms with Crippen LogP contribution in [0.2, 0.25) is 0 Å². The van der Waals surface area contributed by atoms with Crippen molar-refractivity contribution in [2.45, 2.75) is 43.2 Å². The Morgan fingerprint density at radius 1 is 0.559 bits per heavy atom. The van der Waals surface area contributed by atoms with Crippen LogP contribution in [0.1, 0.15) is 64.3 Å². The van der Waals surface area contributed by atoms with Crippen LogP contribution in [-0.4, -0.2) is 31.3 Å². The first-order chi connectivity index (χ1) is 32.9. The normalized spacial score (nSPS) is 16.1. The zero-order valence-corrected chi connectivity index (χ0v) is 37.6. The van der Waals surface area contributed by atoms with E-state index < -0.39 is 47.7 Å². The van der Waals surface area contributed by atoms with E-state index in [0.29, 0.717) is 5.56 Å². The summed E-state index contributed by atoms with van der Waals surface area (Å²) in [5.41, 5.74) is 4.98. The van der Waals surface area contributed by atoms with E-state index in [1.807, 2.05) is 200 Å². The van der Waals surface area contributed by atoms with Gasteiger partial charge in [0.1, 0.15) is 17.8 Å².